The van der Waals surface area contributed by atoms with Crippen molar-refractivity contribution in [1.29, 1.82) is 0 Å². The smallest absolute Gasteiger partial charge is 0.261 e. The largest absolute Gasteiger partial charge is 0.497 e. The number of carbonyl (C=O) groups is 1. The minimum atomic E-state index is -0.0464. The Hall–Kier alpha value is -3.64. The molecule has 0 radical (unpaired) electrons. The van der Waals surface area contributed by atoms with Gasteiger partial charge in [-0.25, -0.2) is 4.98 Å². The lowest BCUT2D eigenvalue weighted by molar-refractivity contribution is -0.131. The Bertz CT molecular complexity index is 1540. The van der Waals surface area contributed by atoms with E-state index in [0.717, 1.165) is 42.5 Å². The van der Waals surface area contributed by atoms with E-state index in [9.17, 15) is 9.59 Å². The Morgan fingerprint density at radius 1 is 1.03 bits per heavy atom. The number of likely N-dealkylation sites (tertiary alicyclic amines) is 1. The molecule has 1 saturated heterocycles. The summed E-state index contributed by atoms with van der Waals surface area (Å²) < 4.78 is 7.06. The molecule has 0 spiro atoms. The summed E-state index contributed by atoms with van der Waals surface area (Å²) in [4.78, 5) is 33.1. The van der Waals surface area contributed by atoms with Gasteiger partial charge in [-0.3, -0.25) is 14.2 Å². The summed E-state index contributed by atoms with van der Waals surface area (Å²) in [6.07, 6.45) is 2.91. The minimum Gasteiger partial charge on any atom is -0.497 e. The van der Waals surface area contributed by atoms with E-state index in [1.165, 1.54) is 0 Å². The van der Waals surface area contributed by atoms with Crippen molar-refractivity contribution in [1.82, 2.24) is 14.5 Å². The number of nitrogens with zero attached hydrogens (tertiary/aromatic N) is 3. The number of carbonyl (C=O) groups excluding carboxylic acids is 1. The van der Waals surface area contributed by atoms with Gasteiger partial charge in [0.25, 0.3) is 5.56 Å². The molecule has 0 unspecified atom stereocenters. The van der Waals surface area contributed by atoms with Crippen LogP contribution in [-0.2, 0) is 11.3 Å². The van der Waals surface area contributed by atoms with Crippen molar-refractivity contribution >= 4 is 28.4 Å². The summed E-state index contributed by atoms with van der Waals surface area (Å²) in [6.45, 7) is 2.00. The lowest BCUT2D eigenvalue weighted by Crippen LogP contribution is -2.32. The fourth-order valence-corrected chi connectivity index (χ4v) is 5.52. The van der Waals surface area contributed by atoms with Gasteiger partial charge < -0.3 is 9.64 Å². The lowest BCUT2D eigenvalue weighted by Gasteiger charge is -2.19. The lowest BCUT2D eigenvalue weighted by atomic mass is 10.0. The highest BCUT2D eigenvalue weighted by atomic mass is 35.5. The van der Waals surface area contributed by atoms with E-state index in [0.29, 0.717) is 40.6 Å². The van der Waals surface area contributed by atoms with Crippen LogP contribution in [0.3, 0.4) is 0 Å². The number of rotatable bonds is 6. The molecule has 0 bridgehead atoms. The van der Waals surface area contributed by atoms with Crippen molar-refractivity contribution in [3.8, 4) is 28.3 Å². The second kappa shape index (κ2) is 9.67. The van der Waals surface area contributed by atoms with Crippen LogP contribution in [0.15, 0.2) is 71.5 Å². The molecule has 2 aliphatic rings. The van der Waals surface area contributed by atoms with E-state index in [2.05, 4.69) is 0 Å². The van der Waals surface area contributed by atoms with E-state index < -0.39 is 0 Å². The number of para-hydroxylation sites is 1. The molecular weight excluding hydrogens is 486 g/mol. The first kappa shape index (κ1) is 23.7. The zero-order valence-corrected chi connectivity index (χ0v) is 21.4. The van der Waals surface area contributed by atoms with Gasteiger partial charge in [0.1, 0.15) is 11.6 Å². The first-order valence-electron chi connectivity index (χ1n) is 12.7. The van der Waals surface area contributed by atoms with E-state index >= 15 is 0 Å². The minimum absolute atomic E-state index is 0.0464. The average molecular weight is 514 g/mol. The number of benzene rings is 3. The molecule has 4 aromatic rings. The maximum Gasteiger partial charge on any atom is 0.261 e. The molecule has 1 atom stereocenters. The molecule has 1 amide bonds. The van der Waals surface area contributed by atoms with Crippen LogP contribution in [0.25, 0.3) is 33.4 Å². The van der Waals surface area contributed by atoms with Crippen LogP contribution < -0.4 is 10.3 Å². The topological polar surface area (TPSA) is 64.4 Å². The summed E-state index contributed by atoms with van der Waals surface area (Å²) in [7, 11) is 1.62. The van der Waals surface area contributed by atoms with Crippen molar-refractivity contribution in [3.05, 3.63) is 82.1 Å². The fraction of sp³-hybridized carbons (Fsp3) is 0.300. The quantitative estimate of drug-likeness (QED) is 0.334. The molecule has 188 valence electrons. The van der Waals surface area contributed by atoms with Gasteiger partial charge in [0, 0.05) is 36.7 Å². The van der Waals surface area contributed by atoms with Gasteiger partial charge in [-0.05, 0) is 61.1 Å². The number of hydrogen-bond acceptors (Lipinski definition) is 4. The van der Waals surface area contributed by atoms with Crippen LogP contribution in [0.5, 0.6) is 5.75 Å². The van der Waals surface area contributed by atoms with Gasteiger partial charge in [0.15, 0.2) is 0 Å². The fourth-order valence-electron chi connectivity index (χ4n) is 5.24. The first-order valence-corrected chi connectivity index (χ1v) is 13.1. The van der Waals surface area contributed by atoms with Gasteiger partial charge in [-0.2, -0.15) is 0 Å². The molecule has 37 heavy (non-hydrogen) atoms. The third-order valence-corrected chi connectivity index (χ3v) is 7.77. The molecule has 2 fully saturated rings. The van der Waals surface area contributed by atoms with Crippen molar-refractivity contribution < 1.29 is 9.53 Å². The van der Waals surface area contributed by atoms with E-state index in [1.807, 2.05) is 65.6 Å². The number of amides is 1. The highest BCUT2D eigenvalue weighted by molar-refractivity contribution is 6.33. The van der Waals surface area contributed by atoms with Crippen molar-refractivity contribution in [2.24, 2.45) is 11.8 Å². The maximum absolute atomic E-state index is 13.7. The molecular formula is C30H28ClN3O3. The Kier molecular flexibility index (Phi) is 6.21. The summed E-state index contributed by atoms with van der Waals surface area (Å²) in [5.74, 6) is 2.07. The number of fused-ring (bicyclic) bond motifs is 1. The second-order valence-corrected chi connectivity index (χ2v) is 10.4. The SMILES string of the molecule is COc1ccc(-c2ccc(-c3nc4ccccc4c(=O)n3C[C@@H]3CCN(C(=O)C4CC4)C3)cc2)c(Cl)c1. The van der Waals surface area contributed by atoms with Crippen molar-refractivity contribution in [2.45, 2.75) is 25.8 Å². The highest BCUT2D eigenvalue weighted by Gasteiger charge is 2.36. The standard InChI is InChI=1S/C30H28ClN3O3/c1-37-23-12-13-24(26(31)16-23)20-6-8-21(9-7-20)28-32-27-5-3-2-4-25(27)30(36)34(28)18-19-14-15-33(17-19)29(35)22-10-11-22/h2-9,12-13,16,19,22H,10-11,14-15,17-18H2,1H3/t19-/m1/s1. The first-order chi connectivity index (χ1) is 18.0. The van der Waals surface area contributed by atoms with Crippen LogP contribution in [0.2, 0.25) is 5.02 Å². The normalized spacial score (nSPS) is 17.4. The number of ether oxygens (including phenoxy) is 1. The monoisotopic (exact) mass is 513 g/mol. The van der Waals surface area contributed by atoms with Crippen LogP contribution in [0.1, 0.15) is 19.3 Å². The molecule has 1 aromatic heterocycles. The van der Waals surface area contributed by atoms with Crippen LogP contribution in [-0.4, -0.2) is 40.6 Å². The molecule has 3 aromatic carbocycles. The molecule has 1 aliphatic carbocycles. The van der Waals surface area contributed by atoms with Crippen LogP contribution in [0, 0.1) is 11.8 Å². The van der Waals surface area contributed by atoms with Crippen molar-refractivity contribution in [2.75, 3.05) is 20.2 Å². The highest BCUT2D eigenvalue weighted by Crippen LogP contribution is 2.34. The summed E-state index contributed by atoms with van der Waals surface area (Å²) in [6, 6.07) is 21.1. The number of halogens is 1. The Morgan fingerprint density at radius 3 is 2.51 bits per heavy atom. The summed E-state index contributed by atoms with van der Waals surface area (Å²) in [5.41, 5.74) is 3.37. The van der Waals surface area contributed by atoms with Gasteiger partial charge in [0.2, 0.25) is 5.91 Å². The number of aromatic nitrogens is 2. The summed E-state index contributed by atoms with van der Waals surface area (Å²) in [5, 5.41) is 1.22. The number of hydrogen-bond donors (Lipinski definition) is 0. The molecule has 6 nitrogen and oxygen atoms in total. The maximum atomic E-state index is 13.7. The summed E-state index contributed by atoms with van der Waals surface area (Å²) >= 11 is 6.50. The molecule has 6 rings (SSSR count). The predicted octanol–water partition coefficient (Wildman–Crippen LogP) is 5.65. The zero-order chi connectivity index (χ0) is 25.5. The predicted molar refractivity (Wildman–Crippen MR) is 146 cm³/mol. The second-order valence-electron chi connectivity index (χ2n) is 10.0. The number of methoxy groups -OCH3 is 1. The molecule has 1 saturated carbocycles. The van der Waals surface area contributed by atoms with Crippen LogP contribution in [0.4, 0.5) is 0 Å². The van der Waals surface area contributed by atoms with Gasteiger partial charge in [-0.1, -0.05) is 48.0 Å². The Labute approximate surface area is 220 Å². The van der Waals surface area contributed by atoms with Gasteiger partial charge in [0.05, 0.1) is 23.0 Å². The average Bonchev–Trinajstić information content (AvgIpc) is 3.68. The third kappa shape index (κ3) is 4.62. The Balaban J connectivity index is 1.35. The van der Waals surface area contributed by atoms with Crippen molar-refractivity contribution in [3.63, 3.8) is 0 Å². The van der Waals surface area contributed by atoms with E-state index in [4.69, 9.17) is 21.3 Å². The third-order valence-electron chi connectivity index (χ3n) is 7.46. The van der Waals surface area contributed by atoms with E-state index in [1.54, 1.807) is 17.7 Å². The van der Waals surface area contributed by atoms with E-state index in [-0.39, 0.29) is 23.3 Å². The molecule has 2 heterocycles. The van der Waals surface area contributed by atoms with Gasteiger partial charge in [-0.15, -0.1) is 0 Å². The van der Waals surface area contributed by atoms with Gasteiger partial charge >= 0.3 is 0 Å². The molecule has 7 heteroatoms. The van der Waals surface area contributed by atoms with Crippen LogP contribution >= 0.6 is 11.6 Å². The Morgan fingerprint density at radius 2 is 1.78 bits per heavy atom. The molecule has 1 aliphatic heterocycles. The zero-order valence-electron chi connectivity index (χ0n) is 20.7. The molecule has 0 N–H and O–H groups in total.